The number of hydrogen-bond acceptors (Lipinski definition) is 7. The lowest BCUT2D eigenvalue weighted by atomic mass is 10.1. The summed E-state index contributed by atoms with van der Waals surface area (Å²) < 4.78 is 2.05. The van der Waals surface area contributed by atoms with Crippen molar-refractivity contribution < 1.29 is 9.72 Å². The quantitative estimate of drug-likeness (QED) is 0.0852. The van der Waals surface area contributed by atoms with Gasteiger partial charge in [-0.2, -0.15) is 5.10 Å². The minimum atomic E-state index is -0.413. The van der Waals surface area contributed by atoms with E-state index in [9.17, 15) is 14.9 Å². The minimum absolute atomic E-state index is 0.00687. The second-order valence-corrected chi connectivity index (χ2v) is 12.3. The first-order valence-corrected chi connectivity index (χ1v) is 16.7. The first kappa shape index (κ1) is 31.9. The molecule has 10 heteroatoms. The minimum Gasteiger partial charge on any atom is -0.332 e. The molecule has 0 aliphatic heterocycles. The van der Waals surface area contributed by atoms with E-state index in [2.05, 4.69) is 27.3 Å². The fourth-order valence-electron chi connectivity index (χ4n) is 5.57. The summed E-state index contributed by atoms with van der Waals surface area (Å²) in [5, 5.41) is 21.9. The third-order valence-corrected chi connectivity index (χ3v) is 8.84. The van der Waals surface area contributed by atoms with Crippen molar-refractivity contribution >= 4 is 40.0 Å². The van der Waals surface area contributed by atoms with Crippen LogP contribution in [0.5, 0.6) is 0 Å². The lowest BCUT2D eigenvalue weighted by Gasteiger charge is -2.15. The van der Waals surface area contributed by atoms with Crippen molar-refractivity contribution in [3.05, 3.63) is 172 Å². The van der Waals surface area contributed by atoms with Crippen LogP contribution in [0.15, 0.2) is 150 Å². The molecule has 9 nitrogen and oxygen atoms in total. The topological polar surface area (TPSA) is 114 Å². The molecule has 50 heavy (non-hydrogen) atoms. The molecule has 1 amide bonds. The largest absolute Gasteiger partial charge is 0.332 e. The van der Waals surface area contributed by atoms with Crippen LogP contribution in [0.3, 0.4) is 0 Å². The maximum Gasteiger partial charge on any atom is 0.271 e. The van der Waals surface area contributed by atoms with Gasteiger partial charge in [-0.1, -0.05) is 90.5 Å². The van der Waals surface area contributed by atoms with E-state index in [0.717, 1.165) is 55.8 Å². The third-order valence-electron chi connectivity index (χ3n) is 8.09. The molecule has 0 fully saturated rings. The molecule has 0 bridgehead atoms. The van der Waals surface area contributed by atoms with Crippen LogP contribution in [-0.2, 0) is 0 Å². The number of nitro benzene ring substituents is 1. The summed E-state index contributed by atoms with van der Waals surface area (Å²) in [6.07, 6.45) is 1.63. The van der Waals surface area contributed by atoms with E-state index >= 15 is 0 Å². The highest BCUT2D eigenvalue weighted by Gasteiger charge is 2.19. The maximum absolute atomic E-state index is 13.2. The van der Waals surface area contributed by atoms with Gasteiger partial charge in [-0.3, -0.25) is 14.9 Å². The molecule has 0 atom stereocenters. The first-order valence-electron chi connectivity index (χ1n) is 15.8. The molecule has 0 spiro atoms. The Bertz CT molecular complexity index is 2300. The van der Waals surface area contributed by atoms with Crippen LogP contribution in [0, 0.1) is 17.0 Å². The number of aromatic nitrogens is 2. The maximum atomic E-state index is 13.2. The van der Waals surface area contributed by atoms with Crippen molar-refractivity contribution in [3.63, 3.8) is 0 Å². The molecule has 2 heterocycles. The Morgan fingerprint density at radius 3 is 2.14 bits per heavy atom. The van der Waals surface area contributed by atoms with Crippen LogP contribution in [-0.4, -0.2) is 26.6 Å². The Hall–Kier alpha value is -6.65. The first-order chi connectivity index (χ1) is 24.4. The van der Waals surface area contributed by atoms with Gasteiger partial charge < -0.3 is 9.88 Å². The zero-order valence-electron chi connectivity index (χ0n) is 26.9. The summed E-state index contributed by atoms with van der Waals surface area (Å²) in [4.78, 5) is 28.8. The summed E-state index contributed by atoms with van der Waals surface area (Å²) in [5.74, 6) is -0.354. The molecule has 0 aliphatic rings. The Labute approximate surface area is 292 Å². The van der Waals surface area contributed by atoms with Gasteiger partial charge in [0.05, 0.1) is 28.2 Å². The van der Waals surface area contributed by atoms with Crippen LogP contribution < -0.4 is 10.7 Å². The summed E-state index contributed by atoms with van der Waals surface area (Å²) in [7, 11) is 0. The SMILES string of the molecule is Cc1ccc(Nc2nc(-c3ccc(C(=O)N/N=C\c4cc(-c5ccccc5)n(-c5ccc([N+](=O)[O-])cc5)c4-c4ccccc4)cc3)cs2)cc1. The number of nitro groups is 1. The fraction of sp³-hybridized carbons (Fsp3) is 0.0250. The van der Waals surface area contributed by atoms with Crippen LogP contribution in [0.4, 0.5) is 16.5 Å². The zero-order valence-corrected chi connectivity index (χ0v) is 27.7. The molecule has 2 aromatic heterocycles. The Balaban J connectivity index is 1.15. The van der Waals surface area contributed by atoms with Crippen LogP contribution in [0.2, 0.25) is 0 Å². The van der Waals surface area contributed by atoms with Gasteiger partial charge in [0.15, 0.2) is 5.13 Å². The molecule has 5 aromatic carbocycles. The van der Waals surface area contributed by atoms with E-state index in [0.29, 0.717) is 5.56 Å². The highest BCUT2D eigenvalue weighted by Crippen LogP contribution is 2.36. The number of hydrogen-bond donors (Lipinski definition) is 2. The van der Waals surface area contributed by atoms with Crippen molar-refractivity contribution in [2.24, 2.45) is 5.10 Å². The van der Waals surface area contributed by atoms with Crippen molar-refractivity contribution in [3.8, 4) is 39.5 Å². The number of nitrogens with zero attached hydrogens (tertiary/aromatic N) is 4. The van der Waals surface area contributed by atoms with E-state index in [-0.39, 0.29) is 11.6 Å². The average Bonchev–Trinajstić information content (AvgIpc) is 3.78. The van der Waals surface area contributed by atoms with Crippen LogP contribution >= 0.6 is 11.3 Å². The highest BCUT2D eigenvalue weighted by molar-refractivity contribution is 7.14. The number of carbonyl (C=O) groups excluding carboxylic acids is 1. The number of thiazole rings is 1. The lowest BCUT2D eigenvalue weighted by molar-refractivity contribution is -0.384. The van der Waals surface area contributed by atoms with Gasteiger partial charge in [0, 0.05) is 45.6 Å². The van der Waals surface area contributed by atoms with Gasteiger partial charge in [-0.05, 0) is 60.5 Å². The second kappa shape index (κ2) is 14.2. The number of anilines is 2. The Morgan fingerprint density at radius 1 is 0.820 bits per heavy atom. The standard InChI is InChI=1S/C40H30N6O3S/c1-27-12-18-33(19-13-27)42-40-43-36(26-50-40)28-14-16-31(17-15-28)39(47)44-41-25-32-24-37(29-8-4-2-5-9-29)45(38(32)30-10-6-3-7-11-30)34-20-22-35(23-21-34)46(48)49/h2-26H,1H3,(H,42,43)(H,44,47)/b41-25-. The van der Waals surface area contributed by atoms with E-state index < -0.39 is 4.92 Å². The van der Waals surface area contributed by atoms with E-state index in [1.54, 1.807) is 30.5 Å². The van der Waals surface area contributed by atoms with Gasteiger partial charge in [0.2, 0.25) is 0 Å². The van der Waals surface area contributed by atoms with Crippen molar-refractivity contribution in [1.82, 2.24) is 15.0 Å². The molecule has 7 aromatic rings. The molecule has 244 valence electrons. The molecule has 0 aliphatic carbocycles. The lowest BCUT2D eigenvalue weighted by Crippen LogP contribution is -2.17. The van der Waals surface area contributed by atoms with Gasteiger partial charge in [-0.15, -0.1) is 11.3 Å². The molecule has 0 unspecified atom stereocenters. The van der Waals surface area contributed by atoms with E-state index in [4.69, 9.17) is 4.98 Å². The summed E-state index contributed by atoms with van der Waals surface area (Å²) in [6, 6.07) is 43.5. The molecule has 2 N–H and O–H groups in total. The van der Waals surface area contributed by atoms with Gasteiger partial charge in [0.1, 0.15) is 0 Å². The van der Waals surface area contributed by atoms with Gasteiger partial charge >= 0.3 is 0 Å². The molecular formula is C40H30N6O3S. The second-order valence-electron chi connectivity index (χ2n) is 11.5. The molecule has 0 radical (unpaired) electrons. The third kappa shape index (κ3) is 6.96. The van der Waals surface area contributed by atoms with Gasteiger partial charge in [0.25, 0.3) is 11.6 Å². The summed E-state index contributed by atoms with van der Waals surface area (Å²) in [5.41, 5.74) is 12.0. The smallest absolute Gasteiger partial charge is 0.271 e. The monoisotopic (exact) mass is 674 g/mol. The molecule has 0 saturated heterocycles. The van der Waals surface area contributed by atoms with E-state index in [1.165, 1.54) is 29.0 Å². The van der Waals surface area contributed by atoms with Crippen molar-refractivity contribution in [1.29, 1.82) is 0 Å². The highest BCUT2D eigenvalue weighted by atomic mass is 32.1. The Morgan fingerprint density at radius 2 is 1.48 bits per heavy atom. The predicted molar refractivity (Wildman–Crippen MR) is 200 cm³/mol. The molecular weight excluding hydrogens is 645 g/mol. The Kier molecular flexibility index (Phi) is 9.08. The normalized spacial score (nSPS) is 11.1. The summed E-state index contributed by atoms with van der Waals surface area (Å²) in [6.45, 7) is 2.05. The fourth-order valence-corrected chi connectivity index (χ4v) is 6.31. The predicted octanol–water partition coefficient (Wildman–Crippen LogP) is 9.66. The number of amides is 1. The zero-order chi connectivity index (χ0) is 34.5. The summed E-state index contributed by atoms with van der Waals surface area (Å²) >= 11 is 1.51. The molecule has 7 rings (SSSR count). The van der Waals surface area contributed by atoms with Crippen LogP contribution in [0.1, 0.15) is 21.5 Å². The average molecular weight is 675 g/mol. The number of rotatable bonds is 10. The van der Waals surface area contributed by atoms with Crippen molar-refractivity contribution in [2.75, 3.05) is 5.32 Å². The number of benzene rings is 5. The number of carbonyl (C=O) groups is 1. The van der Waals surface area contributed by atoms with Crippen LogP contribution in [0.25, 0.3) is 39.5 Å². The number of aryl methyl sites for hydroxylation is 1. The number of nitrogens with one attached hydrogen (secondary N) is 2. The number of non-ortho nitro benzene ring substituents is 1. The van der Waals surface area contributed by atoms with E-state index in [1.807, 2.05) is 109 Å². The molecule has 0 saturated carbocycles. The van der Waals surface area contributed by atoms with Gasteiger partial charge in [-0.25, -0.2) is 10.4 Å². The number of hydrazone groups is 1. The van der Waals surface area contributed by atoms with Crippen molar-refractivity contribution in [2.45, 2.75) is 6.92 Å².